The van der Waals surface area contributed by atoms with E-state index < -0.39 is 0 Å². The molecule has 5 heteroatoms. The lowest BCUT2D eigenvalue weighted by Gasteiger charge is -2.06. The standard InChI is InChI=1S/C8H7Cl2NO2/c1-4(12)11-7-2-5(9)6(10)3-8(7)13/h2-3,13H,1H3,(H,11,12). The van der Waals surface area contributed by atoms with Crippen LogP contribution in [-0.2, 0) is 4.79 Å². The van der Waals surface area contributed by atoms with Gasteiger partial charge in [0, 0.05) is 13.0 Å². The molecule has 0 bridgehead atoms. The molecule has 0 fully saturated rings. The maximum Gasteiger partial charge on any atom is 0.221 e. The van der Waals surface area contributed by atoms with Crippen LogP contribution >= 0.6 is 23.2 Å². The van der Waals surface area contributed by atoms with Crippen molar-refractivity contribution >= 4 is 34.8 Å². The zero-order chi connectivity index (χ0) is 10.0. The number of phenols is 1. The number of amides is 1. The van der Waals surface area contributed by atoms with E-state index in [0.29, 0.717) is 0 Å². The highest BCUT2D eigenvalue weighted by atomic mass is 35.5. The molecule has 0 aliphatic heterocycles. The minimum absolute atomic E-state index is 0.107. The van der Waals surface area contributed by atoms with Crippen LogP contribution in [0.3, 0.4) is 0 Å². The number of rotatable bonds is 1. The molecule has 0 saturated heterocycles. The van der Waals surface area contributed by atoms with Crippen molar-refractivity contribution in [1.29, 1.82) is 0 Å². The second-order valence-corrected chi connectivity index (χ2v) is 3.28. The van der Waals surface area contributed by atoms with Crippen molar-refractivity contribution in [3.63, 3.8) is 0 Å². The summed E-state index contributed by atoms with van der Waals surface area (Å²) in [7, 11) is 0. The van der Waals surface area contributed by atoms with Crippen molar-refractivity contribution in [3.8, 4) is 5.75 Å². The predicted octanol–water partition coefficient (Wildman–Crippen LogP) is 2.66. The largest absolute Gasteiger partial charge is 0.506 e. The summed E-state index contributed by atoms with van der Waals surface area (Å²) < 4.78 is 0. The summed E-state index contributed by atoms with van der Waals surface area (Å²) in [5.74, 6) is -0.390. The smallest absolute Gasteiger partial charge is 0.221 e. The van der Waals surface area contributed by atoms with Crippen LogP contribution in [0.4, 0.5) is 5.69 Å². The van der Waals surface area contributed by atoms with Gasteiger partial charge in [-0.2, -0.15) is 0 Å². The summed E-state index contributed by atoms with van der Waals surface area (Å²) in [6.07, 6.45) is 0. The fourth-order valence-electron chi connectivity index (χ4n) is 0.826. The van der Waals surface area contributed by atoms with E-state index in [1.165, 1.54) is 19.1 Å². The average molecular weight is 220 g/mol. The highest BCUT2D eigenvalue weighted by molar-refractivity contribution is 6.42. The fraction of sp³-hybridized carbons (Fsp3) is 0.125. The molecular weight excluding hydrogens is 213 g/mol. The lowest BCUT2D eigenvalue weighted by Crippen LogP contribution is -2.05. The van der Waals surface area contributed by atoms with Crippen LogP contribution in [-0.4, -0.2) is 11.0 Å². The Morgan fingerprint density at radius 3 is 2.46 bits per heavy atom. The normalized spacial score (nSPS) is 9.77. The van der Waals surface area contributed by atoms with Gasteiger partial charge in [-0.3, -0.25) is 4.79 Å². The summed E-state index contributed by atoms with van der Waals surface area (Å²) in [5, 5.41) is 12.2. The lowest BCUT2D eigenvalue weighted by molar-refractivity contribution is -0.114. The van der Waals surface area contributed by atoms with E-state index >= 15 is 0 Å². The van der Waals surface area contributed by atoms with Crippen LogP contribution in [0.15, 0.2) is 12.1 Å². The maximum absolute atomic E-state index is 10.7. The minimum Gasteiger partial charge on any atom is -0.506 e. The van der Waals surface area contributed by atoms with Crippen LogP contribution in [0.1, 0.15) is 6.92 Å². The van der Waals surface area contributed by atoms with Crippen molar-refractivity contribution < 1.29 is 9.90 Å². The number of hydrogen-bond donors (Lipinski definition) is 2. The number of carbonyl (C=O) groups excluding carboxylic acids is 1. The van der Waals surface area contributed by atoms with Gasteiger partial charge in [0.25, 0.3) is 0 Å². The number of nitrogens with one attached hydrogen (secondary N) is 1. The van der Waals surface area contributed by atoms with Gasteiger partial charge in [-0.15, -0.1) is 0 Å². The number of aromatic hydroxyl groups is 1. The molecule has 70 valence electrons. The zero-order valence-electron chi connectivity index (χ0n) is 6.77. The van der Waals surface area contributed by atoms with Gasteiger partial charge in [0.1, 0.15) is 5.75 Å². The lowest BCUT2D eigenvalue weighted by atomic mass is 10.3. The molecule has 13 heavy (non-hydrogen) atoms. The number of hydrogen-bond acceptors (Lipinski definition) is 2. The van der Waals surface area contributed by atoms with E-state index in [9.17, 15) is 9.90 Å². The monoisotopic (exact) mass is 219 g/mol. The average Bonchev–Trinajstić information content (AvgIpc) is 1.99. The molecule has 2 N–H and O–H groups in total. The van der Waals surface area contributed by atoms with Gasteiger partial charge in [0.2, 0.25) is 5.91 Å². The van der Waals surface area contributed by atoms with Crippen molar-refractivity contribution in [2.24, 2.45) is 0 Å². The van der Waals surface area contributed by atoms with E-state index in [1.807, 2.05) is 0 Å². The Morgan fingerprint density at radius 1 is 1.38 bits per heavy atom. The molecule has 1 aromatic carbocycles. The molecular formula is C8H7Cl2NO2. The van der Waals surface area contributed by atoms with Gasteiger partial charge < -0.3 is 10.4 Å². The predicted molar refractivity (Wildman–Crippen MR) is 52.4 cm³/mol. The van der Waals surface area contributed by atoms with Crippen molar-refractivity contribution in [1.82, 2.24) is 0 Å². The first-order valence-corrected chi connectivity index (χ1v) is 4.22. The molecule has 0 radical (unpaired) electrons. The quantitative estimate of drug-likeness (QED) is 0.714. The molecule has 0 aliphatic rings. The van der Waals surface area contributed by atoms with Gasteiger partial charge in [-0.05, 0) is 6.07 Å². The SMILES string of the molecule is CC(=O)Nc1cc(Cl)c(Cl)cc1O. The van der Waals surface area contributed by atoms with Gasteiger partial charge in [0.15, 0.2) is 0 Å². The minimum atomic E-state index is -0.284. The van der Waals surface area contributed by atoms with E-state index in [0.717, 1.165) is 0 Å². The fourth-order valence-corrected chi connectivity index (χ4v) is 1.15. The number of phenolic OH excluding ortho intramolecular Hbond substituents is 1. The van der Waals surface area contributed by atoms with Crippen LogP contribution in [0.25, 0.3) is 0 Å². The van der Waals surface area contributed by atoms with E-state index in [-0.39, 0.29) is 27.4 Å². The summed E-state index contributed by atoms with van der Waals surface area (Å²) in [6, 6.07) is 2.66. The highest BCUT2D eigenvalue weighted by Crippen LogP contribution is 2.33. The molecule has 0 aliphatic carbocycles. The third kappa shape index (κ3) is 2.50. The first-order chi connectivity index (χ1) is 6.00. The number of carbonyl (C=O) groups is 1. The van der Waals surface area contributed by atoms with Gasteiger partial charge >= 0.3 is 0 Å². The number of anilines is 1. The number of benzene rings is 1. The van der Waals surface area contributed by atoms with Crippen LogP contribution in [0.5, 0.6) is 5.75 Å². The Kier molecular flexibility index (Phi) is 3.01. The van der Waals surface area contributed by atoms with E-state index in [2.05, 4.69) is 5.32 Å². The Hall–Kier alpha value is -0.930. The topological polar surface area (TPSA) is 49.3 Å². The molecule has 0 heterocycles. The molecule has 0 unspecified atom stereocenters. The highest BCUT2D eigenvalue weighted by Gasteiger charge is 2.06. The Labute approximate surface area is 85.3 Å². The van der Waals surface area contributed by atoms with Crippen molar-refractivity contribution in [2.75, 3.05) is 5.32 Å². The zero-order valence-corrected chi connectivity index (χ0v) is 8.28. The second-order valence-electron chi connectivity index (χ2n) is 2.46. The molecule has 3 nitrogen and oxygen atoms in total. The van der Waals surface area contributed by atoms with E-state index in [4.69, 9.17) is 23.2 Å². The first-order valence-electron chi connectivity index (χ1n) is 3.46. The summed E-state index contributed by atoms with van der Waals surface area (Å²) >= 11 is 11.3. The van der Waals surface area contributed by atoms with E-state index in [1.54, 1.807) is 0 Å². The van der Waals surface area contributed by atoms with Crippen LogP contribution in [0.2, 0.25) is 10.0 Å². The molecule has 0 atom stereocenters. The summed E-state index contributed by atoms with van der Waals surface area (Å²) in [4.78, 5) is 10.7. The summed E-state index contributed by atoms with van der Waals surface area (Å²) in [5.41, 5.74) is 0.252. The molecule has 0 spiro atoms. The molecule has 1 amide bonds. The molecule has 0 aromatic heterocycles. The van der Waals surface area contributed by atoms with Crippen molar-refractivity contribution in [3.05, 3.63) is 22.2 Å². The van der Waals surface area contributed by atoms with Gasteiger partial charge in [-0.25, -0.2) is 0 Å². The summed E-state index contributed by atoms with van der Waals surface area (Å²) in [6.45, 7) is 1.34. The molecule has 1 rings (SSSR count). The second kappa shape index (κ2) is 3.85. The maximum atomic E-state index is 10.7. The number of halogens is 2. The Morgan fingerprint density at radius 2 is 1.92 bits per heavy atom. The van der Waals surface area contributed by atoms with Crippen molar-refractivity contribution in [2.45, 2.75) is 6.92 Å². The first kappa shape index (κ1) is 10.2. The van der Waals surface area contributed by atoms with Crippen LogP contribution < -0.4 is 5.32 Å². The van der Waals surface area contributed by atoms with Gasteiger partial charge in [-0.1, -0.05) is 23.2 Å². The van der Waals surface area contributed by atoms with Crippen LogP contribution in [0, 0.1) is 0 Å². The molecule has 1 aromatic rings. The Balaban J connectivity index is 3.08. The van der Waals surface area contributed by atoms with Gasteiger partial charge in [0.05, 0.1) is 15.7 Å². The Bertz CT molecular complexity index is 352. The third-order valence-electron chi connectivity index (χ3n) is 1.35. The third-order valence-corrected chi connectivity index (χ3v) is 2.07. The molecule has 0 saturated carbocycles.